The zero-order chi connectivity index (χ0) is 12.0. The normalized spacial score (nSPS) is 10.8. The second-order valence-electron chi connectivity index (χ2n) is 3.90. The molecular weight excluding hydrogens is 202 g/mol. The maximum atomic E-state index is 5.04. The molecular formula is C12H21N3O. The number of hydrogen-bond donors (Lipinski definition) is 1. The van der Waals surface area contributed by atoms with Crippen LogP contribution in [0.25, 0.3) is 0 Å². The Morgan fingerprint density at radius 1 is 1.19 bits per heavy atom. The molecule has 0 saturated carbocycles. The third kappa shape index (κ3) is 3.54. The van der Waals surface area contributed by atoms with E-state index in [2.05, 4.69) is 22.2 Å². The Labute approximate surface area is 97.5 Å². The average molecular weight is 223 g/mol. The molecule has 1 N–H and O–H groups in total. The van der Waals surface area contributed by atoms with Crippen LogP contribution in [0.4, 0.5) is 0 Å². The van der Waals surface area contributed by atoms with Crippen molar-refractivity contribution in [3.8, 4) is 0 Å². The van der Waals surface area contributed by atoms with Crippen molar-refractivity contribution >= 4 is 0 Å². The summed E-state index contributed by atoms with van der Waals surface area (Å²) in [5.41, 5.74) is 3.29. The van der Waals surface area contributed by atoms with Crippen LogP contribution in [0.5, 0.6) is 0 Å². The predicted molar refractivity (Wildman–Crippen MR) is 64.2 cm³/mol. The van der Waals surface area contributed by atoms with Crippen molar-refractivity contribution in [2.24, 2.45) is 0 Å². The van der Waals surface area contributed by atoms with Gasteiger partial charge in [-0.25, -0.2) is 9.97 Å². The number of nitrogens with one attached hydrogen (secondary N) is 1. The minimum atomic E-state index is 0.477. The lowest BCUT2D eigenvalue weighted by Gasteiger charge is -2.11. The lowest BCUT2D eigenvalue weighted by Crippen LogP contribution is -2.17. The monoisotopic (exact) mass is 223 g/mol. The third-order valence-electron chi connectivity index (χ3n) is 2.47. The SMILES string of the molecule is CCCNCc1c(C)nc(COC)nc1C. The van der Waals surface area contributed by atoms with Crippen LogP contribution >= 0.6 is 0 Å². The number of nitrogens with zero attached hydrogens (tertiary/aromatic N) is 2. The average Bonchev–Trinajstić information content (AvgIpc) is 2.23. The Balaban J connectivity index is 2.77. The van der Waals surface area contributed by atoms with Crippen molar-refractivity contribution in [1.82, 2.24) is 15.3 Å². The summed E-state index contributed by atoms with van der Waals surface area (Å²) in [6, 6.07) is 0. The molecule has 4 heteroatoms. The topological polar surface area (TPSA) is 47.0 Å². The fourth-order valence-electron chi connectivity index (χ4n) is 1.65. The van der Waals surface area contributed by atoms with Gasteiger partial charge in [0.15, 0.2) is 5.82 Å². The highest BCUT2D eigenvalue weighted by Gasteiger charge is 2.07. The zero-order valence-corrected chi connectivity index (χ0v) is 10.6. The second kappa shape index (κ2) is 6.55. The van der Waals surface area contributed by atoms with E-state index < -0.39 is 0 Å². The van der Waals surface area contributed by atoms with Crippen LogP contribution in [0, 0.1) is 13.8 Å². The van der Waals surface area contributed by atoms with Gasteiger partial charge in [0.1, 0.15) is 6.61 Å². The number of aromatic nitrogens is 2. The molecule has 0 saturated heterocycles. The Kier molecular flexibility index (Phi) is 5.35. The van der Waals surface area contributed by atoms with Crippen LogP contribution in [-0.4, -0.2) is 23.6 Å². The van der Waals surface area contributed by atoms with Crippen molar-refractivity contribution in [3.63, 3.8) is 0 Å². The summed E-state index contributed by atoms with van der Waals surface area (Å²) in [5, 5.41) is 3.37. The molecule has 0 aliphatic carbocycles. The van der Waals surface area contributed by atoms with E-state index in [1.165, 1.54) is 5.56 Å². The van der Waals surface area contributed by atoms with Gasteiger partial charge >= 0.3 is 0 Å². The van der Waals surface area contributed by atoms with Gasteiger partial charge in [-0.1, -0.05) is 6.92 Å². The van der Waals surface area contributed by atoms with Crippen molar-refractivity contribution in [1.29, 1.82) is 0 Å². The summed E-state index contributed by atoms with van der Waals surface area (Å²) < 4.78 is 5.04. The molecule has 0 bridgehead atoms. The lowest BCUT2D eigenvalue weighted by molar-refractivity contribution is 0.177. The number of methoxy groups -OCH3 is 1. The van der Waals surface area contributed by atoms with Gasteiger partial charge in [0.25, 0.3) is 0 Å². The van der Waals surface area contributed by atoms with E-state index in [1.807, 2.05) is 13.8 Å². The molecule has 0 fully saturated rings. The first-order valence-corrected chi connectivity index (χ1v) is 5.71. The third-order valence-corrected chi connectivity index (χ3v) is 2.47. The minimum Gasteiger partial charge on any atom is -0.377 e. The highest BCUT2D eigenvalue weighted by atomic mass is 16.5. The van der Waals surface area contributed by atoms with E-state index in [-0.39, 0.29) is 0 Å². The van der Waals surface area contributed by atoms with E-state index in [0.29, 0.717) is 6.61 Å². The first-order chi connectivity index (χ1) is 7.69. The van der Waals surface area contributed by atoms with Gasteiger partial charge in [0.05, 0.1) is 0 Å². The molecule has 0 radical (unpaired) electrons. The summed E-state index contributed by atoms with van der Waals surface area (Å²) in [6.07, 6.45) is 1.14. The first-order valence-electron chi connectivity index (χ1n) is 5.71. The van der Waals surface area contributed by atoms with Crippen LogP contribution < -0.4 is 5.32 Å². The van der Waals surface area contributed by atoms with Crippen LogP contribution in [0.3, 0.4) is 0 Å². The van der Waals surface area contributed by atoms with Crippen LogP contribution in [0.1, 0.15) is 36.1 Å². The quantitative estimate of drug-likeness (QED) is 0.746. The maximum absolute atomic E-state index is 5.04. The molecule has 1 aromatic heterocycles. The molecule has 0 aliphatic heterocycles. The summed E-state index contributed by atoms with van der Waals surface area (Å²) in [7, 11) is 1.66. The Hall–Kier alpha value is -1.00. The van der Waals surface area contributed by atoms with Crippen molar-refractivity contribution in [2.45, 2.75) is 40.3 Å². The first kappa shape index (κ1) is 13.1. The molecule has 4 nitrogen and oxygen atoms in total. The molecule has 1 rings (SSSR count). The molecule has 0 spiro atoms. The number of hydrogen-bond acceptors (Lipinski definition) is 4. The fraction of sp³-hybridized carbons (Fsp3) is 0.667. The van der Waals surface area contributed by atoms with Gasteiger partial charge in [0, 0.05) is 30.6 Å². The summed E-state index contributed by atoms with van der Waals surface area (Å²) in [6.45, 7) is 8.56. The zero-order valence-electron chi connectivity index (χ0n) is 10.6. The maximum Gasteiger partial charge on any atom is 0.154 e. The second-order valence-corrected chi connectivity index (χ2v) is 3.90. The van der Waals surface area contributed by atoms with E-state index in [1.54, 1.807) is 7.11 Å². The molecule has 0 amide bonds. The van der Waals surface area contributed by atoms with E-state index >= 15 is 0 Å². The van der Waals surface area contributed by atoms with Crippen LogP contribution in [-0.2, 0) is 17.9 Å². The van der Waals surface area contributed by atoms with E-state index in [9.17, 15) is 0 Å². The molecule has 0 aromatic carbocycles. The highest BCUT2D eigenvalue weighted by molar-refractivity contribution is 5.24. The number of aryl methyl sites for hydroxylation is 2. The molecule has 90 valence electrons. The molecule has 16 heavy (non-hydrogen) atoms. The molecule has 1 heterocycles. The van der Waals surface area contributed by atoms with Gasteiger partial charge in [0.2, 0.25) is 0 Å². The number of rotatable bonds is 6. The lowest BCUT2D eigenvalue weighted by atomic mass is 10.1. The summed E-state index contributed by atoms with van der Waals surface area (Å²) in [4.78, 5) is 8.85. The van der Waals surface area contributed by atoms with E-state index in [0.717, 1.165) is 36.7 Å². The van der Waals surface area contributed by atoms with Gasteiger partial charge in [-0.3, -0.25) is 0 Å². The predicted octanol–water partition coefficient (Wildman–Crippen LogP) is 1.74. The van der Waals surface area contributed by atoms with Crippen molar-refractivity contribution in [3.05, 3.63) is 22.8 Å². The fourth-order valence-corrected chi connectivity index (χ4v) is 1.65. The molecule has 1 aromatic rings. The van der Waals surface area contributed by atoms with E-state index in [4.69, 9.17) is 4.74 Å². The Morgan fingerprint density at radius 2 is 1.81 bits per heavy atom. The Morgan fingerprint density at radius 3 is 2.31 bits per heavy atom. The summed E-state index contributed by atoms with van der Waals surface area (Å²) in [5.74, 6) is 0.761. The largest absolute Gasteiger partial charge is 0.377 e. The standard InChI is InChI=1S/C12H21N3O/c1-5-6-13-7-11-9(2)14-12(8-16-4)15-10(11)3/h13H,5-8H2,1-4H3. The van der Waals surface area contributed by atoms with Crippen molar-refractivity contribution < 1.29 is 4.74 Å². The van der Waals surface area contributed by atoms with Gasteiger partial charge in [-0.15, -0.1) is 0 Å². The van der Waals surface area contributed by atoms with Gasteiger partial charge in [-0.05, 0) is 26.8 Å². The van der Waals surface area contributed by atoms with Crippen LogP contribution in [0.2, 0.25) is 0 Å². The molecule has 0 unspecified atom stereocenters. The number of ether oxygens (including phenoxy) is 1. The van der Waals surface area contributed by atoms with Gasteiger partial charge in [-0.2, -0.15) is 0 Å². The van der Waals surface area contributed by atoms with Crippen molar-refractivity contribution in [2.75, 3.05) is 13.7 Å². The molecule has 0 aliphatic rings. The Bertz CT molecular complexity index is 316. The highest BCUT2D eigenvalue weighted by Crippen LogP contribution is 2.10. The van der Waals surface area contributed by atoms with Crippen LogP contribution in [0.15, 0.2) is 0 Å². The minimum absolute atomic E-state index is 0.477. The van der Waals surface area contributed by atoms with Gasteiger partial charge < -0.3 is 10.1 Å². The summed E-state index contributed by atoms with van der Waals surface area (Å²) >= 11 is 0. The smallest absolute Gasteiger partial charge is 0.154 e. The molecule has 0 atom stereocenters.